The minimum atomic E-state index is -3.39. The fourth-order valence-corrected chi connectivity index (χ4v) is 2.63. The van der Waals surface area contributed by atoms with Gasteiger partial charge in [0.2, 0.25) is 5.03 Å². The predicted octanol–water partition coefficient (Wildman–Crippen LogP) is 1.19. The maximum absolute atomic E-state index is 11.6. The highest BCUT2D eigenvalue weighted by atomic mass is 32.2. The van der Waals surface area contributed by atoms with E-state index in [1.54, 1.807) is 4.52 Å². The standard InChI is InChI=1S/C11H15N3O2S/c1-4-8-6-5-7(2)14-10(8)9(12)11(13-14)17(3,15)16/h5-6H,4,12H2,1-3H3. The Bertz CT molecular complexity index is 686. The van der Waals surface area contributed by atoms with Crippen LogP contribution in [0.25, 0.3) is 5.52 Å². The van der Waals surface area contributed by atoms with E-state index >= 15 is 0 Å². The first-order valence-corrected chi connectivity index (χ1v) is 7.22. The summed E-state index contributed by atoms with van der Waals surface area (Å²) in [6, 6.07) is 3.86. The van der Waals surface area contributed by atoms with E-state index in [2.05, 4.69) is 5.10 Å². The lowest BCUT2D eigenvalue weighted by Crippen LogP contribution is -2.01. The van der Waals surface area contributed by atoms with Crippen LogP contribution in [0.15, 0.2) is 17.2 Å². The third-order valence-corrected chi connectivity index (χ3v) is 3.79. The Labute approximate surface area is 100 Å². The number of nitrogen functional groups attached to an aromatic ring is 1. The van der Waals surface area contributed by atoms with Crippen molar-refractivity contribution in [3.05, 3.63) is 23.4 Å². The van der Waals surface area contributed by atoms with Crippen molar-refractivity contribution in [1.29, 1.82) is 0 Å². The van der Waals surface area contributed by atoms with E-state index in [9.17, 15) is 8.42 Å². The number of anilines is 1. The number of nitrogens with two attached hydrogens (primary N) is 1. The van der Waals surface area contributed by atoms with Gasteiger partial charge in [-0.1, -0.05) is 13.0 Å². The van der Waals surface area contributed by atoms with Crippen LogP contribution in [0.3, 0.4) is 0 Å². The Kier molecular flexibility index (Phi) is 2.61. The molecule has 0 fully saturated rings. The van der Waals surface area contributed by atoms with Crippen molar-refractivity contribution in [2.75, 3.05) is 12.0 Å². The van der Waals surface area contributed by atoms with Crippen molar-refractivity contribution < 1.29 is 8.42 Å². The van der Waals surface area contributed by atoms with Gasteiger partial charge in [-0.25, -0.2) is 12.9 Å². The molecule has 0 aromatic carbocycles. The van der Waals surface area contributed by atoms with Gasteiger partial charge in [0.15, 0.2) is 9.84 Å². The second-order valence-electron chi connectivity index (χ2n) is 4.10. The fourth-order valence-electron chi connectivity index (χ4n) is 1.90. The summed E-state index contributed by atoms with van der Waals surface area (Å²) in [6.45, 7) is 3.86. The first-order valence-electron chi connectivity index (χ1n) is 5.33. The second kappa shape index (κ2) is 3.73. The van der Waals surface area contributed by atoms with Gasteiger partial charge in [-0.15, -0.1) is 0 Å². The summed E-state index contributed by atoms with van der Waals surface area (Å²) < 4.78 is 24.8. The molecular formula is C11H15N3O2S. The smallest absolute Gasteiger partial charge is 0.200 e. The van der Waals surface area contributed by atoms with E-state index in [0.717, 1.165) is 23.9 Å². The van der Waals surface area contributed by atoms with Gasteiger partial charge in [-0.05, 0) is 25.0 Å². The Balaban J connectivity index is 2.96. The minimum absolute atomic E-state index is 0.0403. The number of aryl methyl sites for hydroxylation is 2. The third-order valence-electron chi connectivity index (χ3n) is 2.78. The number of aromatic nitrogens is 2. The maximum atomic E-state index is 11.6. The molecule has 0 radical (unpaired) electrons. The number of nitrogens with zero attached hydrogens (tertiary/aromatic N) is 2. The molecule has 0 unspecified atom stereocenters. The summed E-state index contributed by atoms with van der Waals surface area (Å²) >= 11 is 0. The highest BCUT2D eigenvalue weighted by Crippen LogP contribution is 2.26. The van der Waals surface area contributed by atoms with E-state index in [4.69, 9.17) is 5.73 Å². The number of pyridine rings is 1. The molecule has 2 heterocycles. The molecule has 0 bridgehead atoms. The van der Waals surface area contributed by atoms with Crippen LogP contribution in [0, 0.1) is 6.92 Å². The molecule has 0 aliphatic rings. The van der Waals surface area contributed by atoms with Gasteiger partial charge < -0.3 is 5.73 Å². The zero-order valence-corrected chi connectivity index (χ0v) is 10.9. The van der Waals surface area contributed by atoms with Crippen LogP contribution >= 0.6 is 0 Å². The van der Waals surface area contributed by atoms with Gasteiger partial charge in [0.25, 0.3) is 0 Å². The van der Waals surface area contributed by atoms with Crippen LogP contribution < -0.4 is 5.73 Å². The molecule has 92 valence electrons. The summed E-state index contributed by atoms with van der Waals surface area (Å²) in [5, 5.41) is 4.06. The summed E-state index contributed by atoms with van der Waals surface area (Å²) in [5.74, 6) is 0. The average Bonchev–Trinajstić information content (AvgIpc) is 2.58. The Morgan fingerprint density at radius 3 is 2.59 bits per heavy atom. The lowest BCUT2D eigenvalue weighted by atomic mass is 10.1. The molecule has 0 aliphatic carbocycles. The Morgan fingerprint density at radius 2 is 2.06 bits per heavy atom. The van der Waals surface area contributed by atoms with Crippen molar-refractivity contribution in [1.82, 2.24) is 9.61 Å². The zero-order valence-electron chi connectivity index (χ0n) is 10.1. The van der Waals surface area contributed by atoms with Crippen LogP contribution in [0.1, 0.15) is 18.2 Å². The normalized spacial score (nSPS) is 12.2. The zero-order chi connectivity index (χ0) is 12.8. The van der Waals surface area contributed by atoms with Gasteiger partial charge in [0.05, 0.1) is 11.2 Å². The van der Waals surface area contributed by atoms with Gasteiger partial charge >= 0.3 is 0 Å². The molecule has 0 spiro atoms. The molecule has 5 nitrogen and oxygen atoms in total. The molecule has 0 amide bonds. The molecule has 17 heavy (non-hydrogen) atoms. The lowest BCUT2D eigenvalue weighted by Gasteiger charge is -2.04. The van der Waals surface area contributed by atoms with E-state index in [1.165, 1.54) is 0 Å². The fraction of sp³-hybridized carbons (Fsp3) is 0.364. The number of rotatable bonds is 2. The second-order valence-corrected chi connectivity index (χ2v) is 6.04. The average molecular weight is 253 g/mol. The van der Waals surface area contributed by atoms with Crippen LogP contribution in [0.5, 0.6) is 0 Å². The van der Waals surface area contributed by atoms with Crippen LogP contribution in [0.4, 0.5) is 5.69 Å². The van der Waals surface area contributed by atoms with Crippen molar-refractivity contribution in [3.8, 4) is 0 Å². The van der Waals surface area contributed by atoms with Crippen LogP contribution in [0.2, 0.25) is 0 Å². The molecular weight excluding hydrogens is 238 g/mol. The van der Waals surface area contributed by atoms with Crippen molar-refractivity contribution in [2.24, 2.45) is 0 Å². The molecule has 0 aliphatic heterocycles. The number of fused-ring (bicyclic) bond motifs is 1. The van der Waals surface area contributed by atoms with Crippen molar-refractivity contribution in [3.63, 3.8) is 0 Å². The number of hydrogen-bond acceptors (Lipinski definition) is 4. The molecule has 6 heteroatoms. The third kappa shape index (κ3) is 1.78. The number of hydrogen-bond donors (Lipinski definition) is 1. The SMILES string of the molecule is CCc1ccc(C)n2nc(S(C)(=O)=O)c(N)c12. The highest BCUT2D eigenvalue weighted by molar-refractivity contribution is 7.90. The monoisotopic (exact) mass is 253 g/mol. The van der Waals surface area contributed by atoms with E-state index in [1.807, 2.05) is 26.0 Å². The van der Waals surface area contributed by atoms with Gasteiger partial charge in [-0.3, -0.25) is 0 Å². The summed E-state index contributed by atoms with van der Waals surface area (Å²) in [6.07, 6.45) is 1.90. The molecule has 2 rings (SSSR count). The molecule has 2 aromatic heterocycles. The molecule has 2 aromatic rings. The highest BCUT2D eigenvalue weighted by Gasteiger charge is 2.21. The predicted molar refractivity (Wildman–Crippen MR) is 66.8 cm³/mol. The first-order chi connectivity index (χ1) is 7.86. The molecule has 0 saturated heterocycles. The van der Waals surface area contributed by atoms with E-state index < -0.39 is 9.84 Å². The largest absolute Gasteiger partial charge is 0.395 e. The maximum Gasteiger partial charge on any atom is 0.200 e. The van der Waals surface area contributed by atoms with Gasteiger partial charge in [0.1, 0.15) is 0 Å². The quantitative estimate of drug-likeness (QED) is 0.872. The Morgan fingerprint density at radius 1 is 1.41 bits per heavy atom. The van der Waals surface area contributed by atoms with Gasteiger partial charge in [0, 0.05) is 11.9 Å². The van der Waals surface area contributed by atoms with Crippen molar-refractivity contribution >= 4 is 21.0 Å². The summed E-state index contributed by atoms with van der Waals surface area (Å²) in [7, 11) is -3.39. The molecule has 0 saturated carbocycles. The van der Waals surface area contributed by atoms with E-state index in [0.29, 0.717) is 5.52 Å². The number of sulfone groups is 1. The summed E-state index contributed by atoms with van der Waals surface area (Å²) in [4.78, 5) is 0. The molecule has 0 atom stereocenters. The van der Waals surface area contributed by atoms with E-state index in [-0.39, 0.29) is 10.7 Å². The lowest BCUT2D eigenvalue weighted by molar-refractivity contribution is 0.597. The topological polar surface area (TPSA) is 77.5 Å². The van der Waals surface area contributed by atoms with Crippen LogP contribution in [-0.2, 0) is 16.3 Å². The first kappa shape index (κ1) is 11.9. The Hall–Kier alpha value is -1.56. The molecule has 2 N–H and O–H groups in total. The summed E-state index contributed by atoms with van der Waals surface area (Å²) in [5.41, 5.74) is 8.71. The van der Waals surface area contributed by atoms with Crippen molar-refractivity contribution in [2.45, 2.75) is 25.3 Å². The minimum Gasteiger partial charge on any atom is -0.395 e. The van der Waals surface area contributed by atoms with Crippen LogP contribution in [-0.4, -0.2) is 24.3 Å². The van der Waals surface area contributed by atoms with Gasteiger partial charge in [-0.2, -0.15) is 5.10 Å².